The van der Waals surface area contributed by atoms with Crippen molar-refractivity contribution in [1.29, 1.82) is 0 Å². The molecular weight excluding hydrogens is 193 g/mol. The maximum Gasteiger partial charge on any atom is 0.123 e. The fourth-order valence-corrected chi connectivity index (χ4v) is 1.31. The van der Waals surface area contributed by atoms with Gasteiger partial charge >= 0.3 is 0 Å². The van der Waals surface area contributed by atoms with Crippen molar-refractivity contribution in [2.45, 2.75) is 13.0 Å². The molecule has 1 aromatic rings. The number of aliphatic hydroxyl groups excluding tert-OH is 1. The summed E-state index contributed by atoms with van der Waals surface area (Å²) in [6.45, 7) is 0.773. The first kappa shape index (κ1) is 11.9. The van der Waals surface area contributed by atoms with Crippen LogP contribution < -0.4 is 5.32 Å². The van der Waals surface area contributed by atoms with Gasteiger partial charge in [0.1, 0.15) is 5.82 Å². The molecule has 0 atom stereocenters. The predicted molar refractivity (Wildman–Crippen MR) is 59.9 cm³/mol. The van der Waals surface area contributed by atoms with E-state index in [2.05, 4.69) is 5.32 Å². The first-order valence-corrected chi connectivity index (χ1v) is 4.98. The van der Waals surface area contributed by atoms with Crippen LogP contribution in [-0.2, 0) is 6.61 Å². The molecule has 0 aliphatic carbocycles. The molecule has 0 saturated carbocycles. The van der Waals surface area contributed by atoms with Crippen molar-refractivity contribution < 1.29 is 9.50 Å². The topological polar surface area (TPSA) is 32.3 Å². The average Bonchev–Trinajstić information content (AvgIpc) is 2.26. The smallest absolute Gasteiger partial charge is 0.123 e. The molecule has 82 valence electrons. The van der Waals surface area contributed by atoms with E-state index in [4.69, 9.17) is 5.11 Å². The summed E-state index contributed by atoms with van der Waals surface area (Å²) in [7, 11) is 1.89. The van der Waals surface area contributed by atoms with Crippen LogP contribution in [-0.4, -0.2) is 18.7 Å². The van der Waals surface area contributed by atoms with Crippen LogP contribution >= 0.6 is 0 Å². The Hall–Kier alpha value is -1.19. The van der Waals surface area contributed by atoms with Crippen LogP contribution in [0.15, 0.2) is 24.3 Å². The number of rotatable bonds is 5. The summed E-state index contributed by atoms with van der Waals surface area (Å²) in [6, 6.07) is 4.44. The molecule has 0 aliphatic heterocycles. The minimum Gasteiger partial charge on any atom is -0.392 e. The van der Waals surface area contributed by atoms with Gasteiger partial charge < -0.3 is 10.4 Å². The molecule has 3 heteroatoms. The van der Waals surface area contributed by atoms with Crippen LogP contribution in [0, 0.1) is 5.82 Å². The quantitative estimate of drug-likeness (QED) is 0.726. The van der Waals surface area contributed by atoms with Gasteiger partial charge in [0.25, 0.3) is 0 Å². The number of nitrogens with one attached hydrogen (secondary N) is 1. The maximum absolute atomic E-state index is 12.8. The lowest BCUT2D eigenvalue weighted by Gasteiger charge is -2.02. The Morgan fingerprint density at radius 2 is 2.27 bits per heavy atom. The van der Waals surface area contributed by atoms with E-state index in [1.54, 1.807) is 6.07 Å². The van der Waals surface area contributed by atoms with Crippen LogP contribution in [0.3, 0.4) is 0 Å². The standard InChI is InChI=1S/C12H16FNO/c1-14-7-3-2-4-10-5-6-12(13)8-11(10)9-15/h2,4-6,8,14-15H,3,7,9H2,1H3. The van der Waals surface area contributed by atoms with Gasteiger partial charge in [-0.05, 0) is 43.3 Å². The zero-order valence-corrected chi connectivity index (χ0v) is 8.83. The van der Waals surface area contributed by atoms with Crippen LogP contribution in [0.2, 0.25) is 0 Å². The van der Waals surface area contributed by atoms with Crippen LogP contribution in [0.1, 0.15) is 17.5 Å². The van der Waals surface area contributed by atoms with Crippen molar-refractivity contribution in [2.24, 2.45) is 0 Å². The fourth-order valence-electron chi connectivity index (χ4n) is 1.31. The third-order valence-electron chi connectivity index (χ3n) is 2.13. The minimum atomic E-state index is -0.313. The lowest BCUT2D eigenvalue weighted by molar-refractivity contribution is 0.281. The maximum atomic E-state index is 12.8. The zero-order valence-electron chi connectivity index (χ0n) is 8.83. The van der Waals surface area contributed by atoms with E-state index in [9.17, 15) is 4.39 Å². The molecule has 0 saturated heterocycles. The second-order valence-electron chi connectivity index (χ2n) is 3.30. The van der Waals surface area contributed by atoms with E-state index < -0.39 is 0 Å². The van der Waals surface area contributed by atoms with Gasteiger partial charge in [0.15, 0.2) is 0 Å². The van der Waals surface area contributed by atoms with E-state index in [-0.39, 0.29) is 12.4 Å². The Morgan fingerprint density at radius 3 is 2.93 bits per heavy atom. The molecule has 0 aromatic heterocycles. The highest BCUT2D eigenvalue weighted by molar-refractivity contribution is 5.53. The third kappa shape index (κ3) is 3.81. The molecule has 0 fully saturated rings. The van der Waals surface area contributed by atoms with Gasteiger partial charge in [0.2, 0.25) is 0 Å². The van der Waals surface area contributed by atoms with Gasteiger partial charge in [-0.3, -0.25) is 0 Å². The predicted octanol–water partition coefficient (Wildman–Crippen LogP) is 1.94. The summed E-state index contributed by atoms with van der Waals surface area (Å²) < 4.78 is 12.8. The highest BCUT2D eigenvalue weighted by Gasteiger charge is 1.99. The molecule has 0 radical (unpaired) electrons. The number of aliphatic hydroxyl groups is 1. The van der Waals surface area contributed by atoms with Crippen molar-refractivity contribution >= 4 is 6.08 Å². The minimum absolute atomic E-state index is 0.135. The van der Waals surface area contributed by atoms with E-state index in [1.165, 1.54) is 12.1 Å². The van der Waals surface area contributed by atoms with Gasteiger partial charge in [-0.25, -0.2) is 4.39 Å². The Kier molecular flexibility index (Phi) is 5.01. The molecule has 0 bridgehead atoms. The van der Waals surface area contributed by atoms with E-state index in [0.717, 1.165) is 18.5 Å². The first-order chi connectivity index (χ1) is 7.27. The van der Waals surface area contributed by atoms with Gasteiger partial charge in [0, 0.05) is 0 Å². The highest BCUT2D eigenvalue weighted by atomic mass is 19.1. The summed E-state index contributed by atoms with van der Waals surface area (Å²) in [5, 5.41) is 12.1. The Morgan fingerprint density at radius 1 is 1.47 bits per heavy atom. The lowest BCUT2D eigenvalue weighted by atomic mass is 10.1. The molecule has 0 aliphatic rings. The summed E-state index contributed by atoms with van der Waals surface area (Å²) in [5.41, 5.74) is 1.49. The molecule has 15 heavy (non-hydrogen) atoms. The highest BCUT2D eigenvalue weighted by Crippen LogP contribution is 2.13. The van der Waals surface area contributed by atoms with Crippen molar-refractivity contribution in [3.63, 3.8) is 0 Å². The molecule has 1 aromatic carbocycles. The largest absolute Gasteiger partial charge is 0.392 e. The Bertz CT molecular complexity index is 336. The SMILES string of the molecule is CNCCC=Cc1ccc(F)cc1CO. The van der Waals surface area contributed by atoms with Crippen molar-refractivity contribution in [2.75, 3.05) is 13.6 Å². The molecule has 2 N–H and O–H groups in total. The average molecular weight is 209 g/mol. The fraction of sp³-hybridized carbons (Fsp3) is 0.333. The van der Waals surface area contributed by atoms with E-state index in [1.807, 2.05) is 19.2 Å². The molecule has 0 unspecified atom stereocenters. The number of halogens is 1. The van der Waals surface area contributed by atoms with Crippen molar-refractivity contribution in [3.05, 3.63) is 41.2 Å². The second-order valence-corrected chi connectivity index (χ2v) is 3.30. The van der Waals surface area contributed by atoms with Crippen LogP contribution in [0.25, 0.3) is 6.08 Å². The summed E-state index contributed by atoms with van der Waals surface area (Å²) in [4.78, 5) is 0. The monoisotopic (exact) mass is 209 g/mol. The van der Waals surface area contributed by atoms with Gasteiger partial charge in [-0.2, -0.15) is 0 Å². The molecule has 1 rings (SSSR count). The number of hydrogen-bond acceptors (Lipinski definition) is 2. The van der Waals surface area contributed by atoms with Crippen LogP contribution in [0.5, 0.6) is 0 Å². The Labute approximate surface area is 89.4 Å². The van der Waals surface area contributed by atoms with Gasteiger partial charge in [0.05, 0.1) is 6.61 Å². The number of benzene rings is 1. The Balaban J connectivity index is 2.71. The van der Waals surface area contributed by atoms with Crippen molar-refractivity contribution in [1.82, 2.24) is 5.32 Å². The molecule has 0 amide bonds. The molecule has 0 heterocycles. The second kappa shape index (κ2) is 6.32. The summed E-state index contributed by atoms with van der Waals surface area (Å²) in [6.07, 6.45) is 4.82. The first-order valence-electron chi connectivity index (χ1n) is 4.98. The third-order valence-corrected chi connectivity index (χ3v) is 2.13. The summed E-state index contributed by atoms with van der Waals surface area (Å²) in [5.74, 6) is -0.313. The molecular formula is C12H16FNO. The summed E-state index contributed by atoms with van der Waals surface area (Å²) >= 11 is 0. The van der Waals surface area contributed by atoms with Gasteiger partial charge in [-0.1, -0.05) is 18.2 Å². The lowest BCUT2D eigenvalue weighted by Crippen LogP contribution is -2.05. The van der Waals surface area contributed by atoms with Crippen molar-refractivity contribution in [3.8, 4) is 0 Å². The number of hydrogen-bond donors (Lipinski definition) is 2. The molecule has 2 nitrogen and oxygen atoms in total. The normalized spacial score (nSPS) is 11.1. The molecule has 0 spiro atoms. The van der Waals surface area contributed by atoms with E-state index in [0.29, 0.717) is 5.56 Å². The van der Waals surface area contributed by atoms with Gasteiger partial charge in [-0.15, -0.1) is 0 Å². The van der Waals surface area contributed by atoms with Crippen LogP contribution in [0.4, 0.5) is 4.39 Å². The van der Waals surface area contributed by atoms with E-state index >= 15 is 0 Å². The zero-order chi connectivity index (χ0) is 11.1.